The van der Waals surface area contributed by atoms with Crippen LogP contribution in [-0.2, 0) is 11.1 Å². The lowest BCUT2D eigenvalue weighted by molar-refractivity contribution is 1.18. The Morgan fingerprint density at radius 2 is 1.86 bits per heavy atom. The number of aryl methyl sites for hydroxylation is 1. The standard InChI is InChI=1S/C12H15NS/c1-9-10(2)13(14(3)4)12-8-6-5-7-11(9)12/h5-8H,3H2,1-2,4H3. The lowest BCUT2D eigenvalue weighted by Gasteiger charge is -2.08. The van der Waals surface area contributed by atoms with Crippen molar-refractivity contribution in [3.05, 3.63) is 41.8 Å². The number of fused-ring (bicyclic) bond motifs is 1. The van der Waals surface area contributed by atoms with Crippen LogP contribution in [0, 0.1) is 20.1 Å². The molecule has 0 fully saturated rings. The van der Waals surface area contributed by atoms with Gasteiger partial charge in [0.15, 0.2) is 0 Å². The first-order valence-electron chi connectivity index (χ1n) is 4.65. The van der Waals surface area contributed by atoms with E-state index in [0.717, 1.165) is 0 Å². The number of nitrogens with zero attached hydrogens (tertiary/aromatic N) is 1. The summed E-state index contributed by atoms with van der Waals surface area (Å²) in [6, 6.07) is 8.53. The molecule has 2 rings (SSSR count). The highest BCUT2D eigenvalue weighted by atomic mass is 32.2. The molecular weight excluding hydrogens is 190 g/mol. The van der Waals surface area contributed by atoms with Crippen LogP contribution in [0.5, 0.6) is 0 Å². The van der Waals surface area contributed by atoms with Gasteiger partial charge in [-0.15, -0.1) is 0 Å². The van der Waals surface area contributed by atoms with Crippen molar-refractivity contribution < 1.29 is 0 Å². The van der Waals surface area contributed by atoms with Crippen LogP contribution in [0.15, 0.2) is 24.3 Å². The zero-order valence-electron chi connectivity index (χ0n) is 8.87. The van der Waals surface area contributed by atoms with Crippen LogP contribution in [0.1, 0.15) is 11.3 Å². The van der Waals surface area contributed by atoms with Crippen LogP contribution in [0.3, 0.4) is 0 Å². The molecule has 74 valence electrons. The van der Waals surface area contributed by atoms with E-state index in [9.17, 15) is 0 Å². The Bertz CT molecular complexity index is 468. The molecule has 1 atom stereocenters. The Hall–Kier alpha value is -0.890. The summed E-state index contributed by atoms with van der Waals surface area (Å²) in [6.45, 7) is 4.35. The Labute approximate surface area is 88.2 Å². The average Bonchev–Trinajstić information content (AvgIpc) is 2.41. The fraction of sp³-hybridized carbons (Fsp3) is 0.250. The molecule has 0 saturated heterocycles. The number of benzene rings is 1. The Morgan fingerprint density at radius 3 is 2.50 bits per heavy atom. The molecule has 1 aromatic heterocycles. The third kappa shape index (κ3) is 1.25. The van der Waals surface area contributed by atoms with Crippen molar-refractivity contribution in [3.8, 4) is 0 Å². The monoisotopic (exact) mass is 205 g/mol. The highest BCUT2D eigenvalue weighted by Gasteiger charge is 2.14. The first kappa shape index (κ1) is 9.66. The van der Waals surface area contributed by atoms with E-state index in [4.69, 9.17) is 0 Å². The van der Waals surface area contributed by atoms with E-state index in [1.54, 1.807) is 0 Å². The van der Waals surface area contributed by atoms with Crippen LogP contribution in [-0.4, -0.2) is 10.2 Å². The van der Waals surface area contributed by atoms with E-state index >= 15 is 0 Å². The van der Waals surface area contributed by atoms with E-state index < -0.39 is 0 Å². The van der Waals surface area contributed by atoms with Gasteiger partial charge in [0.25, 0.3) is 0 Å². The molecule has 14 heavy (non-hydrogen) atoms. The Balaban J connectivity index is 2.88. The van der Waals surface area contributed by atoms with Gasteiger partial charge in [0, 0.05) is 5.39 Å². The van der Waals surface area contributed by atoms with Gasteiger partial charge in [0.2, 0.25) is 0 Å². The Kier molecular flexibility index (Phi) is 2.31. The van der Waals surface area contributed by atoms with Gasteiger partial charge in [0.05, 0.1) is 17.5 Å². The van der Waals surface area contributed by atoms with Crippen molar-refractivity contribution in [3.63, 3.8) is 0 Å². The van der Waals surface area contributed by atoms with Crippen molar-refractivity contribution in [2.24, 2.45) is 0 Å². The predicted molar refractivity (Wildman–Crippen MR) is 65.5 cm³/mol. The van der Waals surface area contributed by atoms with Crippen molar-refractivity contribution in [2.45, 2.75) is 13.8 Å². The summed E-state index contributed by atoms with van der Waals surface area (Å²) in [4.78, 5) is 0. The molecule has 1 aromatic carbocycles. The minimum atomic E-state index is 0.0224. The SMILES string of the molecule is [CH2-][S+](C)n1c(C)c(C)c2ccccc21. The molecule has 0 amide bonds. The molecule has 0 aliphatic heterocycles. The van der Waals surface area contributed by atoms with E-state index in [-0.39, 0.29) is 11.1 Å². The fourth-order valence-corrected chi connectivity index (χ4v) is 3.00. The highest BCUT2D eigenvalue weighted by Crippen LogP contribution is 2.26. The zero-order valence-corrected chi connectivity index (χ0v) is 9.69. The molecule has 0 saturated carbocycles. The number of hydrogen-bond acceptors (Lipinski definition) is 0. The van der Waals surface area contributed by atoms with Crippen molar-refractivity contribution in [1.29, 1.82) is 0 Å². The quantitative estimate of drug-likeness (QED) is 0.498. The summed E-state index contributed by atoms with van der Waals surface area (Å²) in [7, 11) is 0. The molecule has 1 nitrogen and oxygen atoms in total. The zero-order chi connectivity index (χ0) is 10.3. The van der Waals surface area contributed by atoms with E-state index in [2.05, 4.69) is 54.6 Å². The Morgan fingerprint density at radius 1 is 1.21 bits per heavy atom. The molecule has 0 aliphatic rings. The van der Waals surface area contributed by atoms with Gasteiger partial charge in [-0.25, -0.2) is 0 Å². The van der Waals surface area contributed by atoms with Gasteiger partial charge in [-0.05, 0) is 25.5 Å². The second-order valence-electron chi connectivity index (χ2n) is 3.62. The van der Waals surface area contributed by atoms with Crippen LogP contribution in [0.4, 0.5) is 0 Å². The van der Waals surface area contributed by atoms with Crippen molar-refractivity contribution >= 4 is 22.0 Å². The third-order valence-corrected chi connectivity index (χ3v) is 3.78. The predicted octanol–water partition coefficient (Wildman–Crippen LogP) is 3.06. The largest absolute Gasteiger partial charge is 0.197 e. The third-order valence-electron chi connectivity index (χ3n) is 2.69. The maximum atomic E-state index is 4.12. The lowest BCUT2D eigenvalue weighted by atomic mass is 10.2. The normalized spacial score (nSPS) is 13.4. The molecule has 1 unspecified atom stereocenters. The summed E-state index contributed by atoms with van der Waals surface area (Å²) >= 11 is 0.0224. The molecular formula is C12H15NS. The maximum Gasteiger partial charge on any atom is 0.0947 e. The first-order chi connectivity index (χ1) is 6.63. The first-order valence-corrected chi connectivity index (χ1v) is 6.41. The smallest absolute Gasteiger partial charge is 0.0947 e. The second-order valence-corrected chi connectivity index (χ2v) is 5.19. The summed E-state index contributed by atoms with van der Waals surface area (Å²) in [6.07, 6.45) is 6.28. The van der Waals surface area contributed by atoms with Crippen LogP contribution < -0.4 is 0 Å². The molecule has 0 N–H and O–H groups in total. The summed E-state index contributed by atoms with van der Waals surface area (Å²) in [5, 5.41) is 1.35. The molecule has 2 aromatic rings. The van der Waals surface area contributed by atoms with Gasteiger partial charge in [-0.3, -0.25) is 0 Å². The summed E-state index contributed by atoms with van der Waals surface area (Å²) in [5.41, 5.74) is 4.03. The molecule has 0 bridgehead atoms. The van der Waals surface area contributed by atoms with Gasteiger partial charge in [-0.1, -0.05) is 35.5 Å². The molecule has 0 spiro atoms. The maximum absolute atomic E-state index is 4.12. The topological polar surface area (TPSA) is 4.93 Å². The molecule has 0 aliphatic carbocycles. The number of hydrogen-bond donors (Lipinski definition) is 0. The minimum absolute atomic E-state index is 0.0224. The highest BCUT2D eigenvalue weighted by molar-refractivity contribution is 7.96. The van der Waals surface area contributed by atoms with Crippen LogP contribution >= 0.6 is 0 Å². The van der Waals surface area contributed by atoms with Crippen LogP contribution in [0.2, 0.25) is 0 Å². The van der Waals surface area contributed by atoms with Crippen molar-refractivity contribution in [2.75, 3.05) is 6.26 Å². The van der Waals surface area contributed by atoms with E-state index in [1.807, 2.05) is 0 Å². The number of aromatic nitrogens is 1. The second kappa shape index (κ2) is 3.35. The summed E-state index contributed by atoms with van der Waals surface area (Å²) < 4.78 is 2.32. The van der Waals surface area contributed by atoms with E-state index in [1.165, 1.54) is 22.2 Å². The van der Waals surface area contributed by atoms with Gasteiger partial charge < -0.3 is 0 Å². The summed E-state index contributed by atoms with van der Waals surface area (Å²) in [5.74, 6) is 0. The molecule has 2 heteroatoms. The van der Waals surface area contributed by atoms with Gasteiger partial charge in [-0.2, -0.15) is 3.97 Å². The number of para-hydroxylation sites is 1. The van der Waals surface area contributed by atoms with Gasteiger partial charge in [0.1, 0.15) is 0 Å². The van der Waals surface area contributed by atoms with Crippen molar-refractivity contribution in [1.82, 2.24) is 3.97 Å². The van der Waals surface area contributed by atoms with Crippen LogP contribution in [0.25, 0.3) is 10.9 Å². The minimum Gasteiger partial charge on any atom is -0.197 e. The van der Waals surface area contributed by atoms with E-state index in [0.29, 0.717) is 0 Å². The molecule has 1 heterocycles. The lowest BCUT2D eigenvalue weighted by Crippen LogP contribution is -2.08. The van der Waals surface area contributed by atoms with Gasteiger partial charge >= 0.3 is 0 Å². The average molecular weight is 205 g/mol. The fourth-order valence-electron chi connectivity index (χ4n) is 1.90. The molecule has 0 radical (unpaired) electrons. The number of rotatable bonds is 1.